The van der Waals surface area contributed by atoms with E-state index in [9.17, 15) is 18.0 Å². The van der Waals surface area contributed by atoms with E-state index in [1.807, 2.05) is 0 Å². The van der Waals surface area contributed by atoms with Crippen molar-refractivity contribution in [3.05, 3.63) is 70.5 Å². The van der Waals surface area contributed by atoms with Gasteiger partial charge in [-0.2, -0.15) is 9.30 Å². The van der Waals surface area contributed by atoms with Crippen LogP contribution in [0.4, 0.5) is 0 Å². The monoisotopic (exact) mass is 463 g/mol. The predicted molar refractivity (Wildman–Crippen MR) is 119 cm³/mol. The smallest absolute Gasteiger partial charge is 0.350 e. The summed E-state index contributed by atoms with van der Waals surface area (Å²) in [5.74, 6) is -1.02. The van der Waals surface area contributed by atoms with Gasteiger partial charge in [-0.1, -0.05) is 23.5 Å². The van der Waals surface area contributed by atoms with Crippen molar-refractivity contribution in [1.82, 2.24) is 8.87 Å². The summed E-state index contributed by atoms with van der Waals surface area (Å²) >= 11 is 1.06. The number of carbonyl (C=O) groups is 2. The van der Waals surface area contributed by atoms with Gasteiger partial charge in [-0.25, -0.2) is 13.2 Å². The van der Waals surface area contributed by atoms with E-state index in [4.69, 9.17) is 4.74 Å². The molecule has 2 aromatic rings. The third-order valence-electron chi connectivity index (χ3n) is 4.37. The maximum atomic E-state index is 12.8. The topological polar surface area (TPSA) is 98.0 Å². The summed E-state index contributed by atoms with van der Waals surface area (Å²) in [4.78, 5) is 29.5. The van der Waals surface area contributed by atoms with E-state index in [2.05, 4.69) is 18.2 Å². The molecule has 10 heteroatoms. The van der Waals surface area contributed by atoms with Crippen molar-refractivity contribution < 1.29 is 22.7 Å². The number of hydrogen-bond donors (Lipinski definition) is 0. The highest BCUT2D eigenvalue weighted by Gasteiger charge is 2.23. The summed E-state index contributed by atoms with van der Waals surface area (Å²) in [6.45, 7) is 11.1. The van der Waals surface area contributed by atoms with Crippen LogP contribution in [0, 0.1) is 6.92 Å². The molecule has 0 aliphatic carbocycles. The van der Waals surface area contributed by atoms with Crippen LogP contribution < -0.4 is 4.80 Å². The molecule has 0 radical (unpaired) electrons. The summed E-state index contributed by atoms with van der Waals surface area (Å²) in [5.41, 5.74) is 0.864. The summed E-state index contributed by atoms with van der Waals surface area (Å²) in [6, 6.07) is 5.54. The Balaban J connectivity index is 2.35. The van der Waals surface area contributed by atoms with Gasteiger partial charge in [-0.05, 0) is 38.1 Å². The first-order chi connectivity index (χ1) is 14.7. The van der Waals surface area contributed by atoms with Gasteiger partial charge < -0.3 is 9.30 Å². The van der Waals surface area contributed by atoms with Gasteiger partial charge in [0, 0.05) is 31.4 Å². The maximum absolute atomic E-state index is 12.8. The average molecular weight is 464 g/mol. The van der Waals surface area contributed by atoms with Crippen molar-refractivity contribution in [3.8, 4) is 0 Å². The van der Waals surface area contributed by atoms with Gasteiger partial charge in [-0.3, -0.25) is 4.79 Å². The molecule has 0 unspecified atom stereocenters. The summed E-state index contributed by atoms with van der Waals surface area (Å²) in [7, 11) is -2.06. The number of thiazole rings is 1. The van der Waals surface area contributed by atoms with E-state index < -0.39 is 21.9 Å². The normalized spacial score (nSPS) is 12.1. The van der Waals surface area contributed by atoms with Crippen molar-refractivity contribution in [2.24, 2.45) is 12.0 Å². The predicted octanol–water partition coefficient (Wildman–Crippen LogP) is 2.68. The zero-order chi connectivity index (χ0) is 23.2. The number of amides is 1. The van der Waals surface area contributed by atoms with Crippen LogP contribution in [0.25, 0.3) is 0 Å². The van der Waals surface area contributed by atoms with Gasteiger partial charge in [0.2, 0.25) is 10.0 Å². The largest absolute Gasteiger partial charge is 0.462 e. The maximum Gasteiger partial charge on any atom is 0.350 e. The van der Waals surface area contributed by atoms with E-state index in [0.717, 1.165) is 11.3 Å². The number of ether oxygens (including phenoxy) is 1. The van der Waals surface area contributed by atoms with E-state index in [-0.39, 0.29) is 30.2 Å². The van der Waals surface area contributed by atoms with Crippen LogP contribution in [0.15, 0.2) is 59.5 Å². The Bertz CT molecular complexity index is 1150. The van der Waals surface area contributed by atoms with Crippen molar-refractivity contribution in [3.63, 3.8) is 0 Å². The first kappa shape index (κ1) is 24.4. The number of rotatable bonds is 9. The molecule has 2 rings (SSSR count). The van der Waals surface area contributed by atoms with Crippen LogP contribution in [0.3, 0.4) is 0 Å². The van der Waals surface area contributed by atoms with E-state index in [1.165, 1.54) is 40.7 Å². The number of sulfonamides is 1. The Labute approximate surface area is 185 Å². The lowest BCUT2D eigenvalue weighted by molar-refractivity contribution is 0.0530. The molecule has 0 spiro atoms. The van der Waals surface area contributed by atoms with E-state index >= 15 is 0 Å². The summed E-state index contributed by atoms with van der Waals surface area (Å²) in [5, 5.41) is 0. The fourth-order valence-electron chi connectivity index (χ4n) is 2.64. The summed E-state index contributed by atoms with van der Waals surface area (Å²) < 4.78 is 33.4. The molecule has 1 aromatic carbocycles. The van der Waals surface area contributed by atoms with Crippen LogP contribution in [0.2, 0.25) is 0 Å². The number of carbonyl (C=O) groups excluding carboxylic acids is 2. The summed E-state index contributed by atoms with van der Waals surface area (Å²) in [6.07, 6.45) is 2.98. The molecule has 0 atom stereocenters. The first-order valence-corrected chi connectivity index (χ1v) is 11.7. The number of esters is 1. The minimum Gasteiger partial charge on any atom is -0.462 e. The van der Waals surface area contributed by atoms with Crippen LogP contribution in [0.1, 0.15) is 32.6 Å². The Morgan fingerprint density at radius 3 is 2.29 bits per heavy atom. The van der Waals surface area contributed by atoms with Crippen molar-refractivity contribution >= 4 is 33.2 Å². The van der Waals surface area contributed by atoms with Crippen molar-refractivity contribution in [1.29, 1.82) is 0 Å². The van der Waals surface area contributed by atoms with Gasteiger partial charge >= 0.3 is 5.97 Å². The molecule has 0 bridgehead atoms. The quantitative estimate of drug-likeness (QED) is 0.421. The molecule has 0 fully saturated rings. The molecule has 0 N–H and O–H groups in total. The van der Waals surface area contributed by atoms with Gasteiger partial charge in [0.1, 0.15) is 4.88 Å². The SMILES string of the molecule is C=CCN(CC=C)S(=O)(=O)c1ccc(C(=O)N=c2sc(C(=O)OCC)c(C)n2C)cc1. The highest BCUT2D eigenvalue weighted by atomic mass is 32.2. The molecule has 0 saturated carbocycles. The Hall–Kier alpha value is -2.82. The standard InChI is InChI=1S/C21H25N3O5S2/c1-6-13-24(14-7-2)31(27,28)17-11-9-16(10-12-17)19(25)22-21-23(5)15(4)18(30-21)20(26)29-8-3/h6-7,9-12H,1-2,8,13-14H2,3-5H3. The molecule has 1 amide bonds. The molecule has 31 heavy (non-hydrogen) atoms. The molecular weight excluding hydrogens is 438 g/mol. The molecule has 166 valence electrons. The Morgan fingerprint density at radius 2 is 1.77 bits per heavy atom. The molecule has 0 aliphatic rings. The Kier molecular flexibility index (Phi) is 8.26. The van der Waals surface area contributed by atoms with Gasteiger partial charge in [-0.15, -0.1) is 13.2 Å². The molecule has 8 nitrogen and oxygen atoms in total. The van der Waals surface area contributed by atoms with Crippen molar-refractivity contribution in [2.45, 2.75) is 18.7 Å². The number of aromatic nitrogens is 1. The minimum atomic E-state index is -3.76. The number of hydrogen-bond acceptors (Lipinski definition) is 6. The average Bonchev–Trinajstić information content (AvgIpc) is 3.02. The van der Waals surface area contributed by atoms with Crippen molar-refractivity contribution in [2.75, 3.05) is 19.7 Å². The lowest BCUT2D eigenvalue weighted by Crippen LogP contribution is -2.31. The zero-order valence-corrected chi connectivity index (χ0v) is 19.3. The van der Waals surface area contributed by atoms with Gasteiger partial charge in [0.25, 0.3) is 5.91 Å². The third-order valence-corrected chi connectivity index (χ3v) is 7.43. The second-order valence-electron chi connectivity index (χ2n) is 6.42. The molecular formula is C21H25N3O5S2. The highest BCUT2D eigenvalue weighted by Crippen LogP contribution is 2.17. The molecule has 1 heterocycles. The molecule has 0 aliphatic heterocycles. The fraction of sp³-hybridized carbons (Fsp3) is 0.286. The molecule has 1 aromatic heterocycles. The second kappa shape index (κ2) is 10.5. The van der Waals surface area contributed by atoms with E-state index in [0.29, 0.717) is 15.4 Å². The fourth-order valence-corrected chi connectivity index (χ4v) is 5.04. The van der Waals surface area contributed by atoms with Gasteiger partial charge in [0.15, 0.2) is 4.80 Å². The van der Waals surface area contributed by atoms with Crippen LogP contribution >= 0.6 is 11.3 Å². The molecule has 0 saturated heterocycles. The first-order valence-electron chi connectivity index (χ1n) is 9.41. The lowest BCUT2D eigenvalue weighted by atomic mass is 10.2. The number of benzene rings is 1. The van der Waals surface area contributed by atoms with Crippen LogP contribution in [-0.2, 0) is 21.8 Å². The highest BCUT2D eigenvalue weighted by molar-refractivity contribution is 7.89. The lowest BCUT2D eigenvalue weighted by Gasteiger charge is -2.19. The third kappa shape index (κ3) is 5.46. The zero-order valence-electron chi connectivity index (χ0n) is 17.7. The minimum absolute atomic E-state index is 0.0508. The van der Waals surface area contributed by atoms with Crippen LogP contribution in [-0.4, -0.2) is 48.9 Å². The van der Waals surface area contributed by atoms with Crippen LogP contribution in [0.5, 0.6) is 0 Å². The van der Waals surface area contributed by atoms with E-state index in [1.54, 1.807) is 25.5 Å². The Morgan fingerprint density at radius 1 is 1.19 bits per heavy atom. The number of nitrogens with zero attached hydrogens (tertiary/aromatic N) is 3. The second-order valence-corrected chi connectivity index (χ2v) is 9.33. The van der Waals surface area contributed by atoms with Gasteiger partial charge in [0.05, 0.1) is 11.5 Å².